The van der Waals surface area contributed by atoms with E-state index in [1.807, 2.05) is 18.2 Å². The van der Waals surface area contributed by atoms with Crippen molar-refractivity contribution in [1.29, 1.82) is 0 Å². The number of rotatable bonds is 6. The van der Waals surface area contributed by atoms with Crippen LogP contribution < -0.4 is 4.74 Å². The van der Waals surface area contributed by atoms with E-state index in [4.69, 9.17) is 9.84 Å². The molecule has 3 rings (SSSR count). The number of aromatic hydroxyl groups is 1. The Bertz CT molecular complexity index is 1070. The monoisotopic (exact) mass is 372 g/mol. The van der Waals surface area contributed by atoms with Gasteiger partial charge in [-0.05, 0) is 23.6 Å². The molecule has 0 unspecified atom stereocenters. The number of benzene rings is 3. The maximum Gasteiger partial charge on any atom is 0.339 e. The molecular formula is C19H16O6S. The van der Waals surface area contributed by atoms with Gasteiger partial charge in [-0.3, -0.25) is 0 Å². The molecule has 6 nitrogen and oxygen atoms in total. The van der Waals surface area contributed by atoms with Gasteiger partial charge in [0.25, 0.3) is 0 Å². The van der Waals surface area contributed by atoms with Gasteiger partial charge in [-0.1, -0.05) is 36.4 Å². The number of ether oxygens (including phenoxy) is 1. The van der Waals surface area contributed by atoms with Crippen molar-refractivity contribution >= 4 is 26.6 Å². The topological polar surface area (TPSA) is 101 Å². The van der Waals surface area contributed by atoms with Gasteiger partial charge in [0.05, 0.1) is 10.6 Å². The number of carboxylic acids is 1. The minimum atomic E-state index is -3.57. The fourth-order valence-corrected chi connectivity index (χ4v) is 3.96. The van der Waals surface area contributed by atoms with Crippen LogP contribution in [0.25, 0.3) is 10.8 Å². The molecule has 134 valence electrons. The van der Waals surface area contributed by atoms with Crippen molar-refractivity contribution in [2.24, 2.45) is 0 Å². The summed E-state index contributed by atoms with van der Waals surface area (Å²) in [6, 6.07) is 16.0. The Morgan fingerprint density at radius 1 is 1.00 bits per heavy atom. The summed E-state index contributed by atoms with van der Waals surface area (Å²) in [6.45, 7) is -0.128. The van der Waals surface area contributed by atoms with E-state index in [1.54, 1.807) is 24.3 Å². The van der Waals surface area contributed by atoms with Gasteiger partial charge in [0.2, 0.25) is 0 Å². The Morgan fingerprint density at radius 2 is 1.73 bits per heavy atom. The van der Waals surface area contributed by atoms with Gasteiger partial charge in [-0.2, -0.15) is 0 Å². The van der Waals surface area contributed by atoms with Crippen molar-refractivity contribution in [3.63, 3.8) is 0 Å². The van der Waals surface area contributed by atoms with Crippen molar-refractivity contribution in [3.8, 4) is 11.5 Å². The molecule has 7 heteroatoms. The average molecular weight is 372 g/mol. The number of sulfone groups is 1. The summed E-state index contributed by atoms with van der Waals surface area (Å²) in [5.41, 5.74) is -0.249. The normalized spacial score (nSPS) is 11.4. The zero-order chi connectivity index (χ0) is 18.7. The summed E-state index contributed by atoms with van der Waals surface area (Å²) in [5, 5.41) is 20.0. The van der Waals surface area contributed by atoms with Crippen LogP contribution in [-0.2, 0) is 9.84 Å². The molecular weight excluding hydrogens is 356 g/mol. The van der Waals surface area contributed by atoms with Crippen molar-refractivity contribution < 1.29 is 28.2 Å². The molecule has 3 aromatic rings. The maximum absolute atomic E-state index is 12.6. The molecule has 0 aliphatic rings. The van der Waals surface area contributed by atoms with Gasteiger partial charge in [0.1, 0.15) is 23.7 Å². The summed E-state index contributed by atoms with van der Waals surface area (Å²) in [6.07, 6.45) is 0. The second kappa shape index (κ2) is 7.05. The van der Waals surface area contributed by atoms with E-state index < -0.39 is 21.6 Å². The largest absolute Gasteiger partial charge is 0.507 e. The van der Waals surface area contributed by atoms with Crippen molar-refractivity contribution in [2.45, 2.75) is 4.90 Å². The van der Waals surface area contributed by atoms with Crippen LogP contribution in [0.1, 0.15) is 10.4 Å². The minimum Gasteiger partial charge on any atom is -0.507 e. The molecule has 0 bridgehead atoms. The number of hydrogen-bond donors (Lipinski definition) is 2. The highest BCUT2D eigenvalue weighted by Gasteiger charge is 2.18. The lowest BCUT2D eigenvalue weighted by atomic mass is 10.1. The summed E-state index contributed by atoms with van der Waals surface area (Å²) >= 11 is 0. The molecule has 0 amide bonds. The lowest BCUT2D eigenvalue weighted by Crippen LogP contribution is -2.14. The molecule has 0 aliphatic heterocycles. The Hall–Kier alpha value is -3.06. The van der Waals surface area contributed by atoms with Crippen LogP contribution in [0.4, 0.5) is 0 Å². The first-order chi connectivity index (χ1) is 12.4. The van der Waals surface area contributed by atoms with E-state index in [0.29, 0.717) is 5.39 Å². The molecule has 0 saturated heterocycles. The van der Waals surface area contributed by atoms with Crippen LogP contribution in [0.3, 0.4) is 0 Å². The first kappa shape index (κ1) is 17.8. The first-order valence-corrected chi connectivity index (χ1v) is 9.43. The van der Waals surface area contributed by atoms with Crippen molar-refractivity contribution in [1.82, 2.24) is 0 Å². The molecule has 0 heterocycles. The van der Waals surface area contributed by atoms with E-state index in [2.05, 4.69) is 0 Å². The first-order valence-electron chi connectivity index (χ1n) is 7.78. The predicted octanol–water partition coefficient (Wildman–Crippen LogP) is 3.10. The van der Waals surface area contributed by atoms with Crippen LogP contribution in [-0.4, -0.2) is 37.0 Å². The zero-order valence-corrected chi connectivity index (χ0v) is 14.4. The molecule has 2 N–H and O–H groups in total. The van der Waals surface area contributed by atoms with Crippen molar-refractivity contribution in [2.75, 3.05) is 12.4 Å². The molecule has 0 aromatic heterocycles. The summed E-state index contributed by atoms with van der Waals surface area (Å²) < 4.78 is 30.6. The Morgan fingerprint density at radius 3 is 2.46 bits per heavy atom. The second-order valence-corrected chi connectivity index (χ2v) is 7.71. The Balaban J connectivity index is 1.75. The van der Waals surface area contributed by atoms with Gasteiger partial charge < -0.3 is 14.9 Å². The molecule has 0 atom stereocenters. The van der Waals surface area contributed by atoms with E-state index in [0.717, 1.165) is 11.5 Å². The number of phenols is 1. The molecule has 0 spiro atoms. The lowest BCUT2D eigenvalue weighted by molar-refractivity contribution is 0.0693. The van der Waals surface area contributed by atoms with Gasteiger partial charge in [0.15, 0.2) is 9.84 Å². The highest BCUT2D eigenvalue weighted by molar-refractivity contribution is 7.91. The van der Waals surface area contributed by atoms with Crippen LogP contribution in [0.5, 0.6) is 11.5 Å². The number of fused-ring (bicyclic) bond motifs is 1. The third-order valence-corrected chi connectivity index (χ3v) is 5.64. The second-order valence-electron chi connectivity index (χ2n) is 5.63. The van der Waals surface area contributed by atoms with Crippen molar-refractivity contribution in [3.05, 3.63) is 66.2 Å². The van der Waals surface area contributed by atoms with Crippen LogP contribution in [0.15, 0.2) is 65.6 Å². The molecule has 3 aromatic carbocycles. The fraction of sp³-hybridized carbons (Fsp3) is 0.105. The van der Waals surface area contributed by atoms with Gasteiger partial charge >= 0.3 is 5.97 Å². The van der Waals surface area contributed by atoms with E-state index in [1.165, 1.54) is 12.1 Å². The van der Waals surface area contributed by atoms with Gasteiger partial charge in [-0.25, -0.2) is 13.2 Å². The third-order valence-electron chi connectivity index (χ3n) is 3.91. The fourth-order valence-electron chi connectivity index (χ4n) is 2.63. The van der Waals surface area contributed by atoms with Crippen LogP contribution in [0, 0.1) is 0 Å². The van der Waals surface area contributed by atoms with E-state index in [9.17, 15) is 18.3 Å². The number of carboxylic acid groups (broad SMARTS) is 1. The number of aromatic carboxylic acids is 1. The zero-order valence-electron chi connectivity index (χ0n) is 13.6. The number of carbonyl (C=O) groups is 1. The summed E-state index contributed by atoms with van der Waals surface area (Å²) in [4.78, 5) is 11.1. The lowest BCUT2D eigenvalue weighted by Gasteiger charge is -2.10. The smallest absolute Gasteiger partial charge is 0.339 e. The standard InChI is InChI=1S/C19H16O6S/c20-17-12-14(8-9-16(17)19(21)22)25-10-11-26(23,24)18-7-3-5-13-4-1-2-6-15(13)18/h1-9,12,20H,10-11H2,(H,21,22). The minimum absolute atomic E-state index is 0.128. The maximum atomic E-state index is 12.6. The predicted molar refractivity (Wildman–Crippen MR) is 96.6 cm³/mol. The van der Waals surface area contributed by atoms with E-state index in [-0.39, 0.29) is 28.6 Å². The van der Waals surface area contributed by atoms with Crippen LogP contribution >= 0.6 is 0 Å². The molecule has 0 fully saturated rings. The molecule has 0 aliphatic carbocycles. The quantitative estimate of drug-likeness (QED) is 0.689. The summed E-state index contributed by atoms with van der Waals surface area (Å²) in [7, 11) is -3.57. The van der Waals surface area contributed by atoms with Gasteiger partial charge in [0, 0.05) is 11.5 Å². The summed E-state index contributed by atoms with van der Waals surface area (Å²) in [5.74, 6) is -1.75. The van der Waals surface area contributed by atoms with Crippen LogP contribution in [0.2, 0.25) is 0 Å². The molecule has 0 saturated carbocycles. The van der Waals surface area contributed by atoms with E-state index >= 15 is 0 Å². The Labute approximate surface area is 150 Å². The Kier molecular flexibility index (Phi) is 4.81. The molecule has 26 heavy (non-hydrogen) atoms. The highest BCUT2D eigenvalue weighted by Crippen LogP contribution is 2.25. The SMILES string of the molecule is O=C(O)c1ccc(OCCS(=O)(=O)c2cccc3ccccc23)cc1O. The number of hydrogen-bond acceptors (Lipinski definition) is 5. The molecule has 0 radical (unpaired) electrons. The third kappa shape index (κ3) is 3.62. The highest BCUT2D eigenvalue weighted by atomic mass is 32.2. The van der Waals surface area contributed by atoms with Gasteiger partial charge in [-0.15, -0.1) is 0 Å². The average Bonchev–Trinajstić information content (AvgIpc) is 2.61.